The molecule has 2 heterocycles. The van der Waals surface area contributed by atoms with E-state index in [4.69, 9.17) is 11.6 Å². The molecule has 0 spiro atoms. The fourth-order valence-electron chi connectivity index (χ4n) is 2.25. The van der Waals surface area contributed by atoms with Crippen molar-refractivity contribution in [2.24, 2.45) is 0 Å². The van der Waals surface area contributed by atoms with Gasteiger partial charge in [-0.1, -0.05) is 11.6 Å². The predicted octanol–water partition coefficient (Wildman–Crippen LogP) is 2.73. The SMILES string of the molecule is Fc1nc(N2CCNCC2)c2cc(Cl)c(Br)c(F)c2n1. The number of nitrogens with zero attached hydrogens (tertiary/aromatic N) is 3. The van der Waals surface area contributed by atoms with Crippen molar-refractivity contribution in [3.63, 3.8) is 0 Å². The predicted molar refractivity (Wildman–Crippen MR) is 77.2 cm³/mol. The molecule has 0 saturated carbocycles. The summed E-state index contributed by atoms with van der Waals surface area (Å²) in [4.78, 5) is 9.26. The van der Waals surface area contributed by atoms with Crippen LogP contribution in [0, 0.1) is 11.9 Å². The number of benzene rings is 1. The van der Waals surface area contributed by atoms with Gasteiger partial charge in [-0.15, -0.1) is 0 Å². The molecule has 0 aliphatic carbocycles. The van der Waals surface area contributed by atoms with Crippen molar-refractivity contribution in [3.05, 3.63) is 27.5 Å². The first-order chi connectivity index (χ1) is 9.58. The van der Waals surface area contributed by atoms with E-state index in [-0.39, 0.29) is 15.0 Å². The van der Waals surface area contributed by atoms with Gasteiger partial charge in [0.2, 0.25) is 0 Å². The average molecular weight is 364 g/mol. The van der Waals surface area contributed by atoms with Crippen molar-refractivity contribution in [2.45, 2.75) is 0 Å². The quantitative estimate of drug-likeness (QED) is 0.625. The first-order valence-electron chi connectivity index (χ1n) is 6.04. The topological polar surface area (TPSA) is 41.1 Å². The minimum atomic E-state index is -0.945. The van der Waals surface area contributed by atoms with Crippen molar-refractivity contribution in [1.82, 2.24) is 15.3 Å². The zero-order valence-electron chi connectivity index (χ0n) is 10.3. The fourth-order valence-corrected chi connectivity index (χ4v) is 2.74. The standard InChI is InChI=1S/C12H10BrClF2N4/c13-8-7(14)5-6-10(9(8)15)18-12(16)19-11(6)20-3-1-17-2-4-20/h5,17H,1-4H2. The van der Waals surface area contributed by atoms with Crippen LogP contribution >= 0.6 is 27.5 Å². The van der Waals surface area contributed by atoms with E-state index in [1.807, 2.05) is 4.90 Å². The largest absolute Gasteiger partial charge is 0.353 e. The highest BCUT2D eigenvalue weighted by Crippen LogP contribution is 2.35. The van der Waals surface area contributed by atoms with Crippen LogP contribution in [0.1, 0.15) is 0 Å². The molecular formula is C12H10BrClF2N4. The molecule has 2 aromatic rings. The monoisotopic (exact) mass is 362 g/mol. The molecule has 8 heteroatoms. The second-order valence-electron chi connectivity index (χ2n) is 4.44. The summed E-state index contributed by atoms with van der Waals surface area (Å²) in [5, 5.41) is 3.82. The maximum Gasteiger partial charge on any atom is 0.311 e. The molecule has 4 nitrogen and oxygen atoms in total. The Morgan fingerprint density at radius 1 is 1.25 bits per heavy atom. The second-order valence-corrected chi connectivity index (χ2v) is 5.64. The Bertz CT molecular complexity index is 676. The summed E-state index contributed by atoms with van der Waals surface area (Å²) in [5.74, 6) is -0.299. The lowest BCUT2D eigenvalue weighted by Gasteiger charge is -2.29. The molecular weight excluding hydrogens is 354 g/mol. The zero-order chi connectivity index (χ0) is 14.3. The molecule has 1 aromatic heterocycles. The number of fused-ring (bicyclic) bond motifs is 1. The number of aromatic nitrogens is 2. The van der Waals surface area contributed by atoms with Gasteiger partial charge in [0.1, 0.15) is 11.3 Å². The lowest BCUT2D eigenvalue weighted by Crippen LogP contribution is -2.44. The van der Waals surface area contributed by atoms with Gasteiger partial charge in [-0.05, 0) is 22.0 Å². The van der Waals surface area contributed by atoms with E-state index in [2.05, 4.69) is 31.2 Å². The first kappa shape index (κ1) is 13.9. The summed E-state index contributed by atoms with van der Waals surface area (Å²) in [6.45, 7) is 2.86. The molecule has 1 N–H and O–H groups in total. The fraction of sp³-hybridized carbons (Fsp3) is 0.333. The maximum atomic E-state index is 14.2. The Balaban J connectivity index is 2.25. The van der Waals surface area contributed by atoms with E-state index in [0.29, 0.717) is 24.3 Å². The Morgan fingerprint density at radius 2 is 1.95 bits per heavy atom. The molecule has 20 heavy (non-hydrogen) atoms. The van der Waals surface area contributed by atoms with E-state index in [1.165, 1.54) is 0 Å². The molecule has 1 saturated heterocycles. The molecule has 0 unspecified atom stereocenters. The zero-order valence-corrected chi connectivity index (χ0v) is 12.6. The Kier molecular flexibility index (Phi) is 3.74. The smallest absolute Gasteiger partial charge is 0.311 e. The van der Waals surface area contributed by atoms with Crippen molar-refractivity contribution in [3.8, 4) is 0 Å². The minimum Gasteiger partial charge on any atom is -0.353 e. The number of hydrogen-bond donors (Lipinski definition) is 1. The van der Waals surface area contributed by atoms with Crippen LogP contribution in [-0.4, -0.2) is 36.1 Å². The van der Waals surface area contributed by atoms with Crippen LogP contribution in [0.2, 0.25) is 5.02 Å². The number of halogens is 4. The molecule has 1 aliphatic heterocycles. The summed E-state index contributed by atoms with van der Waals surface area (Å²) < 4.78 is 27.8. The van der Waals surface area contributed by atoms with Gasteiger partial charge in [-0.2, -0.15) is 14.4 Å². The van der Waals surface area contributed by atoms with E-state index in [0.717, 1.165) is 13.1 Å². The van der Waals surface area contributed by atoms with E-state index < -0.39 is 11.9 Å². The normalized spacial score (nSPS) is 15.9. The number of anilines is 1. The van der Waals surface area contributed by atoms with Crippen molar-refractivity contribution in [1.29, 1.82) is 0 Å². The van der Waals surface area contributed by atoms with Crippen molar-refractivity contribution in [2.75, 3.05) is 31.1 Å². The third-order valence-corrected chi connectivity index (χ3v) is 4.50. The minimum absolute atomic E-state index is 0.0673. The van der Waals surface area contributed by atoms with Gasteiger partial charge in [0.15, 0.2) is 5.82 Å². The van der Waals surface area contributed by atoms with Gasteiger partial charge < -0.3 is 10.2 Å². The summed E-state index contributed by atoms with van der Waals surface area (Å²) in [6.07, 6.45) is -0.945. The lowest BCUT2D eigenvalue weighted by atomic mass is 10.2. The molecule has 1 aliphatic rings. The Hall–Kier alpha value is -1.05. The van der Waals surface area contributed by atoms with Crippen molar-refractivity contribution >= 4 is 44.3 Å². The van der Waals surface area contributed by atoms with Gasteiger partial charge in [-0.3, -0.25) is 0 Å². The van der Waals surface area contributed by atoms with E-state index in [1.54, 1.807) is 6.07 Å². The number of hydrogen-bond acceptors (Lipinski definition) is 4. The van der Waals surface area contributed by atoms with Gasteiger partial charge in [-0.25, -0.2) is 4.39 Å². The van der Waals surface area contributed by atoms with Crippen LogP contribution < -0.4 is 10.2 Å². The third-order valence-electron chi connectivity index (χ3n) is 3.20. The van der Waals surface area contributed by atoms with Gasteiger partial charge in [0, 0.05) is 31.6 Å². The average Bonchev–Trinajstić information content (AvgIpc) is 2.46. The number of nitrogens with one attached hydrogen (secondary N) is 1. The third kappa shape index (κ3) is 2.34. The number of piperazine rings is 1. The summed E-state index contributed by atoms with van der Waals surface area (Å²) in [5.41, 5.74) is -0.0673. The van der Waals surface area contributed by atoms with E-state index >= 15 is 0 Å². The van der Waals surface area contributed by atoms with Crippen LogP contribution in [-0.2, 0) is 0 Å². The number of rotatable bonds is 1. The van der Waals surface area contributed by atoms with Crippen molar-refractivity contribution < 1.29 is 8.78 Å². The summed E-state index contributed by atoms with van der Waals surface area (Å²) >= 11 is 9.01. The highest BCUT2D eigenvalue weighted by Gasteiger charge is 2.21. The van der Waals surface area contributed by atoms with Gasteiger partial charge in [0.05, 0.1) is 9.50 Å². The molecule has 3 rings (SSSR count). The van der Waals surface area contributed by atoms with Gasteiger partial charge in [0.25, 0.3) is 0 Å². The molecule has 106 valence electrons. The van der Waals surface area contributed by atoms with Crippen LogP contribution in [0.5, 0.6) is 0 Å². The first-order valence-corrected chi connectivity index (χ1v) is 7.21. The molecule has 0 amide bonds. The Labute approximate surface area is 127 Å². The maximum absolute atomic E-state index is 14.2. The van der Waals surface area contributed by atoms with E-state index in [9.17, 15) is 8.78 Å². The Morgan fingerprint density at radius 3 is 2.65 bits per heavy atom. The van der Waals surface area contributed by atoms with Crippen LogP contribution in [0.15, 0.2) is 10.5 Å². The van der Waals surface area contributed by atoms with Crippen LogP contribution in [0.4, 0.5) is 14.6 Å². The summed E-state index contributed by atoms with van der Waals surface area (Å²) in [7, 11) is 0. The van der Waals surface area contributed by atoms with Crippen LogP contribution in [0.3, 0.4) is 0 Å². The summed E-state index contributed by atoms with van der Waals surface area (Å²) in [6, 6.07) is 1.56. The molecule has 1 aromatic carbocycles. The molecule has 0 atom stereocenters. The van der Waals surface area contributed by atoms with Crippen LogP contribution in [0.25, 0.3) is 10.9 Å². The second kappa shape index (κ2) is 5.38. The molecule has 0 radical (unpaired) electrons. The highest BCUT2D eigenvalue weighted by molar-refractivity contribution is 9.10. The molecule has 1 fully saturated rings. The molecule has 0 bridgehead atoms. The highest BCUT2D eigenvalue weighted by atomic mass is 79.9. The van der Waals surface area contributed by atoms with Gasteiger partial charge >= 0.3 is 6.08 Å². The lowest BCUT2D eigenvalue weighted by molar-refractivity contribution is 0.530.